The Hall–Kier alpha value is -3.34. The van der Waals surface area contributed by atoms with E-state index in [1.54, 1.807) is 12.3 Å². The van der Waals surface area contributed by atoms with Gasteiger partial charge in [0.15, 0.2) is 0 Å². The van der Waals surface area contributed by atoms with Crippen LogP contribution in [0, 0.1) is 6.92 Å². The molecule has 0 radical (unpaired) electrons. The first-order chi connectivity index (χ1) is 11.6. The van der Waals surface area contributed by atoms with Crippen LogP contribution >= 0.6 is 0 Å². The first kappa shape index (κ1) is 15.6. The number of aromatic hydroxyl groups is 1. The first-order valence-corrected chi connectivity index (χ1v) is 7.40. The second kappa shape index (κ2) is 6.42. The van der Waals surface area contributed by atoms with Crippen LogP contribution in [0.4, 0.5) is 5.69 Å². The molecule has 0 bridgehead atoms. The van der Waals surface area contributed by atoms with Crippen molar-refractivity contribution in [3.63, 3.8) is 0 Å². The highest BCUT2D eigenvalue weighted by atomic mass is 16.4. The van der Waals surface area contributed by atoms with E-state index in [0.717, 1.165) is 17.1 Å². The van der Waals surface area contributed by atoms with Crippen LogP contribution < -0.4 is 0 Å². The van der Waals surface area contributed by atoms with Gasteiger partial charge in [-0.1, -0.05) is 18.2 Å². The topological polar surface area (TPSA) is 74.8 Å². The molecule has 0 aliphatic heterocycles. The summed E-state index contributed by atoms with van der Waals surface area (Å²) < 4.78 is 2.06. The molecule has 3 rings (SSSR count). The fourth-order valence-electron chi connectivity index (χ4n) is 2.51. The summed E-state index contributed by atoms with van der Waals surface area (Å²) in [5.74, 6) is -1.46. The quantitative estimate of drug-likeness (QED) is 0.715. The Labute approximate surface area is 139 Å². The number of aromatic nitrogens is 1. The highest BCUT2D eigenvalue weighted by Gasteiger charge is 2.10. The van der Waals surface area contributed by atoms with E-state index in [1.807, 2.05) is 49.4 Å². The van der Waals surface area contributed by atoms with Gasteiger partial charge in [0.1, 0.15) is 11.3 Å². The zero-order valence-corrected chi connectivity index (χ0v) is 13.0. The standard InChI is InChI=1S/C19H16N2O3/c1-13-7-9-16(21(13)15-5-3-2-4-6-15)12-20-14-8-10-18(22)17(11-14)19(23)24/h2-12,22H,1H3,(H,23,24). The highest BCUT2D eigenvalue weighted by Crippen LogP contribution is 2.23. The van der Waals surface area contributed by atoms with Gasteiger partial charge in [0.25, 0.3) is 0 Å². The highest BCUT2D eigenvalue weighted by molar-refractivity contribution is 5.92. The van der Waals surface area contributed by atoms with E-state index in [1.165, 1.54) is 12.1 Å². The number of aromatic carboxylic acids is 1. The van der Waals surface area contributed by atoms with E-state index in [0.29, 0.717) is 5.69 Å². The van der Waals surface area contributed by atoms with Crippen LogP contribution in [0.5, 0.6) is 5.75 Å². The molecule has 0 saturated carbocycles. The van der Waals surface area contributed by atoms with Crippen molar-refractivity contribution in [3.05, 3.63) is 77.6 Å². The lowest BCUT2D eigenvalue weighted by molar-refractivity contribution is 0.0694. The number of rotatable bonds is 4. The Morgan fingerprint density at radius 1 is 1.08 bits per heavy atom. The number of carboxylic acid groups (broad SMARTS) is 1. The third kappa shape index (κ3) is 3.05. The molecule has 2 N–H and O–H groups in total. The monoisotopic (exact) mass is 320 g/mol. The summed E-state index contributed by atoms with van der Waals surface area (Å²) in [6, 6.07) is 18.1. The molecule has 5 heteroatoms. The van der Waals surface area contributed by atoms with Crippen molar-refractivity contribution in [2.24, 2.45) is 4.99 Å². The van der Waals surface area contributed by atoms with Gasteiger partial charge in [-0.2, -0.15) is 0 Å². The Morgan fingerprint density at radius 2 is 1.83 bits per heavy atom. The molecule has 24 heavy (non-hydrogen) atoms. The summed E-state index contributed by atoms with van der Waals surface area (Å²) in [7, 11) is 0. The summed E-state index contributed by atoms with van der Waals surface area (Å²) in [5, 5.41) is 18.6. The normalized spacial score (nSPS) is 11.0. The number of carboxylic acids is 1. The molecule has 3 aromatic rings. The van der Waals surface area contributed by atoms with Crippen molar-refractivity contribution in [1.29, 1.82) is 0 Å². The molecule has 120 valence electrons. The fourth-order valence-corrected chi connectivity index (χ4v) is 2.51. The third-order valence-corrected chi connectivity index (χ3v) is 3.68. The summed E-state index contributed by atoms with van der Waals surface area (Å²) >= 11 is 0. The second-order valence-corrected chi connectivity index (χ2v) is 5.34. The van der Waals surface area contributed by atoms with Gasteiger partial charge >= 0.3 is 5.97 Å². The average Bonchev–Trinajstić information content (AvgIpc) is 2.95. The lowest BCUT2D eigenvalue weighted by Gasteiger charge is -2.09. The number of nitrogens with zero attached hydrogens (tertiary/aromatic N) is 2. The molecule has 0 saturated heterocycles. The van der Waals surface area contributed by atoms with Crippen molar-refractivity contribution in [2.75, 3.05) is 0 Å². The maximum absolute atomic E-state index is 11.1. The minimum absolute atomic E-state index is 0.167. The number of aliphatic imine (C=N–C) groups is 1. The van der Waals surface area contributed by atoms with Crippen LogP contribution in [-0.2, 0) is 0 Å². The summed E-state index contributed by atoms with van der Waals surface area (Å²) in [4.78, 5) is 15.4. The molecule has 1 aromatic heterocycles. The van der Waals surface area contributed by atoms with Crippen molar-refractivity contribution in [2.45, 2.75) is 6.92 Å². The molecule has 0 fully saturated rings. The molecular weight excluding hydrogens is 304 g/mol. The van der Waals surface area contributed by atoms with Gasteiger partial charge in [-0.25, -0.2) is 4.79 Å². The molecule has 0 atom stereocenters. The zero-order chi connectivity index (χ0) is 17.1. The summed E-state index contributed by atoms with van der Waals surface area (Å²) in [6.07, 6.45) is 1.68. The largest absolute Gasteiger partial charge is 0.507 e. The maximum Gasteiger partial charge on any atom is 0.339 e. The van der Waals surface area contributed by atoms with Gasteiger partial charge in [0, 0.05) is 11.4 Å². The molecule has 0 spiro atoms. The number of aryl methyl sites for hydroxylation is 1. The fraction of sp³-hybridized carbons (Fsp3) is 0.0526. The Morgan fingerprint density at radius 3 is 2.54 bits per heavy atom. The number of phenols is 1. The van der Waals surface area contributed by atoms with Crippen LogP contribution in [0.15, 0.2) is 65.7 Å². The molecule has 0 unspecified atom stereocenters. The minimum Gasteiger partial charge on any atom is -0.507 e. The number of benzene rings is 2. The molecule has 0 aliphatic carbocycles. The Kier molecular flexibility index (Phi) is 4.16. The van der Waals surface area contributed by atoms with Crippen molar-refractivity contribution < 1.29 is 15.0 Å². The number of hydrogen-bond donors (Lipinski definition) is 2. The van der Waals surface area contributed by atoms with Gasteiger partial charge in [-0.3, -0.25) is 4.99 Å². The lowest BCUT2D eigenvalue weighted by Crippen LogP contribution is -2.01. The van der Waals surface area contributed by atoms with Crippen LogP contribution in [0.3, 0.4) is 0 Å². The van der Waals surface area contributed by atoms with E-state index in [2.05, 4.69) is 9.56 Å². The van der Waals surface area contributed by atoms with E-state index in [4.69, 9.17) is 5.11 Å². The SMILES string of the molecule is Cc1ccc(C=Nc2ccc(O)c(C(=O)O)c2)n1-c1ccccc1. The van der Waals surface area contributed by atoms with Gasteiger partial charge in [0.2, 0.25) is 0 Å². The van der Waals surface area contributed by atoms with Crippen molar-refractivity contribution in [1.82, 2.24) is 4.57 Å². The zero-order valence-electron chi connectivity index (χ0n) is 13.0. The van der Waals surface area contributed by atoms with Crippen LogP contribution in [0.25, 0.3) is 5.69 Å². The van der Waals surface area contributed by atoms with E-state index in [9.17, 15) is 9.90 Å². The third-order valence-electron chi connectivity index (χ3n) is 3.68. The molecule has 0 amide bonds. The van der Waals surface area contributed by atoms with Gasteiger partial charge in [0.05, 0.1) is 17.6 Å². The summed E-state index contributed by atoms with van der Waals surface area (Å²) in [6.45, 7) is 2.01. The van der Waals surface area contributed by atoms with Crippen LogP contribution in [-0.4, -0.2) is 27.0 Å². The van der Waals surface area contributed by atoms with E-state index < -0.39 is 5.97 Å². The second-order valence-electron chi connectivity index (χ2n) is 5.34. The predicted octanol–water partition coefficient (Wildman–Crippen LogP) is 3.94. The smallest absolute Gasteiger partial charge is 0.339 e. The predicted molar refractivity (Wildman–Crippen MR) is 92.8 cm³/mol. The van der Waals surface area contributed by atoms with E-state index in [-0.39, 0.29) is 11.3 Å². The van der Waals surface area contributed by atoms with Crippen molar-refractivity contribution >= 4 is 17.9 Å². The minimum atomic E-state index is -1.19. The van der Waals surface area contributed by atoms with Crippen LogP contribution in [0.2, 0.25) is 0 Å². The molecular formula is C19H16N2O3. The van der Waals surface area contributed by atoms with Gasteiger partial charge in [-0.05, 0) is 49.4 Å². The molecule has 2 aromatic carbocycles. The Balaban J connectivity index is 1.97. The van der Waals surface area contributed by atoms with E-state index >= 15 is 0 Å². The van der Waals surface area contributed by atoms with Crippen LogP contribution in [0.1, 0.15) is 21.7 Å². The van der Waals surface area contributed by atoms with Gasteiger partial charge in [-0.15, -0.1) is 0 Å². The molecule has 0 aliphatic rings. The summed E-state index contributed by atoms with van der Waals surface area (Å²) in [5.41, 5.74) is 3.27. The number of carbonyl (C=O) groups is 1. The number of hydrogen-bond acceptors (Lipinski definition) is 3. The lowest BCUT2D eigenvalue weighted by atomic mass is 10.2. The average molecular weight is 320 g/mol. The number of para-hydroxylation sites is 1. The first-order valence-electron chi connectivity index (χ1n) is 7.40. The maximum atomic E-state index is 11.1. The molecule has 5 nitrogen and oxygen atoms in total. The Bertz CT molecular complexity index is 912. The van der Waals surface area contributed by atoms with Gasteiger partial charge < -0.3 is 14.8 Å². The molecule has 1 heterocycles. The van der Waals surface area contributed by atoms with Crippen molar-refractivity contribution in [3.8, 4) is 11.4 Å².